The summed E-state index contributed by atoms with van der Waals surface area (Å²) >= 11 is 0. The van der Waals surface area contributed by atoms with Crippen molar-refractivity contribution in [3.05, 3.63) is 29.3 Å². The average molecular weight is 289 g/mol. The number of benzene rings is 1. The highest BCUT2D eigenvalue weighted by Gasteiger charge is 2.23. The van der Waals surface area contributed by atoms with Crippen LogP contribution in [0.5, 0.6) is 0 Å². The molecule has 3 heteroatoms. The summed E-state index contributed by atoms with van der Waals surface area (Å²) in [5, 5.41) is 3.56. The highest BCUT2D eigenvalue weighted by molar-refractivity contribution is 5.55. The van der Waals surface area contributed by atoms with Crippen molar-refractivity contribution in [3.8, 4) is 0 Å². The Labute approximate surface area is 130 Å². The lowest BCUT2D eigenvalue weighted by Crippen LogP contribution is -2.52. The second kappa shape index (κ2) is 7.28. The second-order valence-corrected chi connectivity index (χ2v) is 6.59. The van der Waals surface area contributed by atoms with Crippen molar-refractivity contribution in [1.82, 2.24) is 10.2 Å². The van der Waals surface area contributed by atoms with Crippen LogP contribution in [-0.4, -0.2) is 43.2 Å². The van der Waals surface area contributed by atoms with Crippen LogP contribution in [0.25, 0.3) is 0 Å². The Morgan fingerprint density at radius 1 is 1.29 bits per heavy atom. The minimum Gasteiger partial charge on any atom is -0.368 e. The molecule has 0 saturated carbocycles. The molecule has 21 heavy (non-hydrogen) atoms. The zero-order chi connectivity index (χ0) is 15.4. The van der Waals surface area contributed by atoms with E-state index < -0.39 is 0 Å². The topological polar surface area (TPSA) is 18.5 Å². The number of anilines is 1. The van der Waals surface area contributed by atoms with E-state index in [1.54, 1.807) is 0 Å². The minimum absolute atomic E-state index is 0.522. The number of rotatable bonds is 5. The van der Waals surface area contributed by atoms with Gasteiger partial charge in [0.25, 0.3) is 0 Å². The molecule has 0 spiro atoms. The van der Waals surface area contributed by atoms with E-state index >= 15 is 0 Å². The highest BCUT2D eigenvalue weighted by atomic mass is 15.3. The third-order valence-electron chi connectivity index (χ3n) is 4.45. The molecule has 1 aliphatic rings. The lowest BCUT2D eigenvalue weighted by molar-refractivity contribution is 0.199. The monoisotopic (exact) mass is 289 g/mol. The van der Waals surface area contributed by atoms with Crippen LogP contribution < -0.4 is 10.2 Å². The normalized spacial score (nSPS) is 20.3. The first-order chi connectivity index (χ1) is 10.0. The fourth-order valence-electron chi connectivity index (χ4n) is 3.16. The van der Waals surface area contributed by atoms with Gasteiger partial charge in [0.05, 0.1) is 0 Å². The Balaban J connectivity index is 2.15. The largest absolute Gasteiger partial charge is 0.368 e. The van der Waals surface area contributed by atoms with Crippen LogP contribution in [0.2, 0.25) is 0 Å². The number of hydrogen-bond acceptors (Lipinski definition) is 3. The van der Waals surface area contributed by atoms with Gasteiger partial charge in [0.2, 0.25) is 0 Å². The molecule has 2 rings (SSSR count). The number of hydrogen-bond donors (Lipinski definition) is 1. The van der Waals surface area contributed by atoms with Crippen molar-refractivity contribution >= 4 is 5.69 Å². The summed E-state index contributed by atoms with van der Waals surface area (Å²) in [6.45, 7) is 16.7. The Hall–Kier alpha value is -1.06. The van der Waals surface area contributed by atoms with Gasteiger partial charge in [0, 0.05) is 44.0 Å². The smallest absolute Gasteiger partial charge is 0.0413 e. The van der Waals surface area contributed by atoms with Gasteiger partial charge in [0.1, 0.15) is 0 Å². The molecule has 1 unspecified atom stereocenters. The third-order valence-corrected chi connectivity index (χ3v) is 4.45. The van der Waals surface area contributed by atoms with Gasteiger partial charge in [-0.1, -0.05) is 38.5 Å². The maximum absolute atomic E-state index is 3.56. The predicted octanol–water partition coefficient (Wildman–Crippen LogP) is 3.02. The quantitative estimate of drug-likeness (QED) is 0.899. The molecule has 0 amide bonds. The van der Waals surface area contributed by atoms with Crippen LogP contribution in [0.3, 0.4) is 0 Å². The van der Waals surface area contributed by atoms with Crippen molar-refractivity contribution in [2.24, 2.45) is 0 Å². The van der Waals surface area contributed by atoms with E-state index in [0.717, 1.165) is 26.2 Å². The lowest BCUT2D eigenvalue weighted by atomic mass is 10.1. The molecule has 1 atom stereocenters. The summed E-state index contributed by atoms with van der Waals surface area (Å²) in [6.07, 6.45) is 0. The van der Waals surface area contributed by atoms with E-state index in [-0.39, 0.29) is 0 Å². The maximum atomic E-state index is 3.56. The first-order valence-electron chi connectivity index (χ1n) is 8.33. The van der Waals surface area contributed by atoms with E-state index in [9.17, 15) is 0 Å². The molecule has 1 N–H and O–H groups in total. The average Bonchev–Trinajstić information content (AvgIpc) is 2.45. The SMILES string of the molecule is CCN1CCN(c2ccc(C)cc2CNC(C)C)CC1C. The molecule has 1 fully saturated rings. The maximum Gasteiger partial charge on any atom is 0.0413 e. The molecule has 1 aliphatic heterocycles. The summed E-state index contributed by atoms with van der Waals surface area (Å²) in [4.78, 5) is 5.13. The summed E-state index contributed by atoms with van der Waals surface area (Å²) in [5.41, 5.74) is 4.19. The van der Waals surface area contributed by atoms with Gasteiger partial charge in [-0.15, -0.1) is 0 Å². The Morgan fingerprint density at radius 3 is 2.67 bits per heavy atom. The first-order valence-corrected chi connectivity index (χ1v) is 8.33. The fraction of sp³-hybridized carbons (Fsp3) is 0.667. The van der Waals surface area contributed by atoms with Crippen molar-refractivity contribution in [1.29, 1.82) is 0 Å². The summed E-state index contributed by atoms with van der Waals surface area (Å²) in [5.74, 6) is 0. The van der Waals surface area contributed by atoms with Crippen LogP contribution >= 0.6 is 0 Å². The van der Waals surface area contributed by atoms with Crippen LogP contribution in [0.1, 0.15) is 38.8 Å². The van der Waals surface area contributed by atoms with E-state index in [1.165, 1.54) is 23.4 Å². The van der Waals surface area contributed by atoms with Gasteiger partial charge in [-0.05, 0) is 32.0 Å². The van der Waals surface area contributed by atoms with Crippen LogP contribution in [0.4, 0.5) is 5.69 Å². The van der Waals surface area contributed by atoms with E-state index in [1.807, 2.05) is 0 Å². The van der Waals surface area contributed by atoms with E-state index in [2.05, 4.69) is 67.9 Å². The summed E-state index contributed by atoms with van der Waals surface area (Å²) in [7, 11) is 0. The standard InChI is InChI=1S/C18H31N3/c1-6-20-9-10-21(13-16(20)5)18-8-7-15(4)11-17(18)12-19-14(2)3/h7-8,11,14,16,19H,6,9-10,12-13H2,1-5H3. The highest BCUT2D eigenvalue weighted by Crippen LogP contribution is 2.25. The number of nitrogens with one attached hydrogen (secondary N) is 1. The molecular weight excluding hydrogens is 258 g/mol. The van der Waals surface area contributed by atoms with Gasteiger partial charge < -0.3 is 10.2 Å². The Bertz CT molecular complexity index is 456. The molecular formula is C18H31N3. The number of nitrogens with zero attached hydrogens (tertiary/aromatic N) is 2. The molecule has 0 aliphatic carbocycles. The number of likely N-dealkylation sites (N-methyl/N-ethyl adjacent to an activating group) is 1. The van der Waals surface area contributed by atoms with Crippen molar-refractivity contribution < 1.29 is 0 Å². The number of aryl methyl sites for hydroxylation is 1. The number of piperazine rings is 1. The zero-order valence-corrected chi connectivity index (χ0v) is 14.3. The summed E-state index contributed by atoms with van der Waals surface area (Å²) < 4.78 is 0. The zero-order valence-electron chi connectivity index (χ0n) is 14.3. The molecule has 0 radical (unpaired) electrons. The van der Waals surface area contributed by atoms with Gasteiger partial charge in [-0.2, -0.15) is 0 Å². The van der Waals surface area contributed by atoms with Gasteiger partial charge in [-0.25, -0.2) is 0 Å². The predicted molar refractivity (Wildman–Crippen MR) is 92.1 cm³/mol. The van der Waals surface area contributed by atoms with Crippen LogP contribution in [0.15, 0.2) is 18.2 Å². The molecule has 0 bridgehead atoms. The molecule has 3 nitrogen and oxygen atoms in total. The molecule has 1 aromatic carbocycles. The van der Waals surface area contributed by atoms with Crippen molar-refractivity contribution in [2.45, 2.75) is 53.2 Å². The van der Waals surface area contributed by atoms with Gasteiger partial charge in [0.15, 0.2) is 0 Å². The molecule has 118 valence electrons. The van der Waals surface area contributed by atoms with Crippen LogP contribution in [-0.2, 0) is 6.54 Å². The summed E-state index contributed by atoms with van der Waals surface area (Å²) in [6, 6.07) is 8.04. The lowest BCUT2D eigenvalue weighted by Gasteiger charge is -2.41. The van der Waals surface area contributed by atoms with E-state index in [4.69, 9.17) is 0 Å². The van der Waals surface area contributed by atoms with Crippen LogP contribution in [0, 0.1) is 6.92 Å². The Kier molecular flexibility index (Phi) is 5.65. The van der Waals surface area contributed by atoms with Crippen molar-refractivity contribution in [2.75, 3.05) is 31.1 Å². The molecule has 0 aromatic heterocycles. The van der Waals surface area contributed by atoms with Gasteiger partial charge >= 0.3 is 0 Å². The first kappa shape index (κ1) is 16.3. The second-order valence-electron chi connectivity index (χ2n) is 6.59. The Morgan fingerprint density at radius 2 is 2.05 bits per heavy atom. The minimum atomic E-state index is 0.522. The third kappa shape index (κ3) is 4.21. The van der Waals surface area contributed by atoms with Crippen molar-refractivity contribution in [3.63, 3.8) is 0 Å². The molecule has 1 heterocycles. The van der Waals surface area contributed by atoms with Gasteiger partial charge in [-0.3, -0.25) is 4.90 Å². The molecule has 1 aromatic rings. The van der Waals surface area contributed by atoms with E-state index in [0.29, 0.717) is 12.1 Å². The molecule has 1 saturated heterocycles. The fourth-order valence-corrected chi connectivity index (χ4v) is 3.16.